The van der Waals surface area contributed by atoms with Gasteiger partial charge in [-0.3, -0.25) is 4.99 Å². The van der Waals surface area contributed by atoms with Gasteiger partial charge in [-0.25, -0.2) is 12.7 Å². The molecule has 24 heavy (non-hydrogen) atoms. The third kappa shape index (κ3) is 9.05. The predicted octanol–water partition coefficient (Wildman–Crippen LogP) is 2.29. The molecular weight excluding hydrogens is 463 g/mol. The van der Waals surface area contributed by atoms with Crippen LogP contribution in [0.5, 0.6) is 0 Å². The van der Waals surface area contributed by atoms with Crippen LogP contribution in [0.1, 0.15) is 18.9 Å². The average Bonchev–Trinajstić information content (AvgIpc) is 2.50. The fourth-order valence-corrected chi connectivity index (χ4v) is 3.09. The number of halogens is 2. The van der Waals surface area contributed by atoms with Gasteiger partial charge in [-0.15, -0.1) is 24.0 Å². The van der Waals surface area contributed by atoms with Crippen LogP contribution in [0.4, 0.5) is 0 Å². The molecule has 0 fully saturated rings. The van der Waals surface area contributed by atoms with Gasteiger partial charge in [-0.2, -0.15) is 0 Å². The van der Waals surface area contributed by atoms with Gasteiger partial charge in [0.1, 0.15) is 0 Å². The lowest BCUT2D eigenvalue weighted by Gasteiger charge is -2.18. The Morgan fingerprint density at radius 2 is 1.88 bits per heavy atom. The Bertz CT molecular complexity index is 608. The summed E-state index contributed by atoms with van der Waals surface area (Å²) in [4.78, 5) is 4.14. The zero-order chi connectivity index (χ0) is 17.3. The van der Waals surface area contributed by atoms with Crippen molar-refractivity contribution in [3.63, 3.8) is 0 Å². The fraction of sp³-hybridized carbons (Fsp3) is 0.533. The zero-order valence-electron chi connectivity index (χ0n) is 14.3. The Morgan fingerprint density at radius 1 is 1.25 bits per heavy atom. The number of sulfonamides is 1. The molecule has 6 nitrogen and oxygen atoms in total. The van der Waals surface area contributed by atoms with Crippen LogP contribution in [0.25, 0.3) is 0 Å². The molecule has 2 N–H and O–H groups in total. The highest BCUT2D eigenvalue weighted by Gasteiger charge is 2.13. The first-order valence-electron chi connectivity index (χ1n) is 7.51. The van der Waals surface area contributed by atoms with Crippen LogP contribution >= 0.6 is 35.6 Å². The molecule has 0 aliphatic rings. The van der Waals surface area contributed by atoms with Gasteiger partial charge >= 0.3 is 0 Å². The second kappa shape index (κ2) is 11.9. The minimum Gasteiger partial charge on any atom is -0.356 e. The number of hydrogen-bond donors (Lipinski definition) is 2. The number of nitrogens with one attached hydrogen (secondary N) is 2. The van der Waals surface area contributed by atoms with E-state index in [1.54, 1.807) is 7.05 Å². The summed E-state index contributed by atoms with van der Waals surface area (Å²) in [5.41, 5.74) is 1.10. The van der Waals surface area contributed by atoms with Crippen LogP contribution in [0, 0.1) is 0 Å². The van der Waals surface area contributed by atoms with E-state index in [1.807, 2.05) is 31.2 Å². The van der Waals surface area contributed by atoms with Crippen molar-refractivity contribution in [1.82, 2.24) is 14.9 Å². The Balaban J connectivity index is 0.00000529. The Labute approximate surface area is 167 Å². The maximum atomic E-state index is 11.5. The SMILES string of the molecule is CCN(CCCNC(=NC)NCc1ccc(Cl)cc1)S(C)(=O)=O.I. The molecule has 0 saturated carbocycles. The van der Waals surface area contributed by atoms with E-state index in [0.29, 0.717) is 43.6 Å². The molecule has 138 valence electrons. The minimum absolute atomic E-state index is 0. The van der Waals surface area contributed by atoms with Crippen molar-refractivity contribution < 1.29 is 8.42 Å². The summed E-state index contributed by atoms with van der Waals surface area (Å²) in [5.74, 6) is 0.683. The Morgan fingerprint density at radius 3 is 2.38 bits per heavy atom. The molecule has 0 atom stereocenters. The lowest BCUT2D eigenvalue weighted by atomic mass is 10.2. The molecule has 0 aromatic heterocycles. The van der Waals surface area contributed by atoms with E-state index < -0.39 is 10.0 Å². The summed E-state index contributed by atoms with van der Waals surface area (Å²) < 4.78 is 24.4. The number of hydrogen-bond acceptors (Lipinski definition) is 3. The Kier molecular flexibility index (Phi) is 11.6. The number of rotatable bonds is 8. The smallest absolute Gasteiger partial charge is 0.211 e. The highest BCUT2D eigenvalue weighted by molar-refractivity contribution is 14.0. The largest absolute Gasteiger partial charge is 0.356 e. The molecule has 0 radical (unpaired) electrons. The van der Waals surface area contributed by atoms with Crippen molar-refractivity contribution in [1.29, 1.82) is 0 Å². The van der Waals surface area contributed by atoms with E-state index in [1.165, 1.54) is 10.6 Å². The van der Waals surface area contributed by atoms with Crippen LogP contribution < -0.4 is 10.6 Å². The molecule has 0 heterocycles. The minimum atomic E-state index is -3.12. The van der Waals surface area contributed by atoms with E-state index in [0.717, 1.165) is 5.56 Å². The molecular formula is C15H26ClIN4O2S. The van der Waals surface area contributed by atoms with Crippen LogP contribution in [-0.2, 0) is 16.6 Å². The lowest BCUT2D eigenvalue weighted by Crippen LogP contribution is -2.39. The Hall–Kier alpha value is -0.580. The molecule has 1 rings (SSSR count). The first-order valence-corrected chi connectivity index (χ1v) is 9.73. The predicted molar refractivity (Wildman–Crippen MR) is 112 cm³/mol. The lowest BCUT2D eigenvalue weighted by molar-refractivity contribution is 0.424. The number of nitrogens with zero attached hydrogens (tertiary/aromatic N) is 2. The van der Waals surface area contributed by atoms with Gasteiger partial charge in [0.25, 0.3) is 0 Å². The summed E-state index contributed by atoms with van der Waals surface area (Å²) in [6.45, 7) is 4.10. The first-order chi connectivity index (χ1) is 10.9. The van der Waals surface area contributed by atoms with Crippen molar-refractivity contribution in [2.45, 2.75) is 19.9 Å². The highest BCUT2D eigenvalue weighted by Crippen LogP contribution is 2.09. The van der Waals surface area contributed by atoms with Crippen LogP contribution in [-0.4, -0.2) is 51.6 Å². The molecule has 0 aliphatic carbocycles. The van der Waals surface area contributed by atoms with Gasteiger partial charge in [0.05, 0.1) is 6.26 Å². The fourth-order valence-electron chi connectivity index (χ4n) is 2.03. The molecule has 0 bridgehead atoms. The van der Waals surface area contributed by atoms with E-state index in [9.17, 15) is 8.42 Å². The summed E-state index contributed by atoms with van der Waals surface area (Å²) in [5, 5.41) is 7.09. The van der Waals surface area contributed by atoms with Crippen molar-refractivity contribution in [2.24, 2.45) is 4.99 Å². The van der Waals surface area contributed by atoms with Gasteiger partial charge in [0, 0.05) is 38.2 Å². The molecule has 0 aliphatic heterocycles. The maximum absolute atomic E-state index is 11.5. The molecule has 9 heteroatoms. The maximum Gasteiger partial charge on any atom is 0.211 e. The zero-order valence-corrected chi connectivity index (χ0v) is 18.2. The van der Waals surface area contributed by atoms with Gasteiger partial charge < -0.3 is 10.6 Å². The normalized spacial score (nSPS) is 12.0. The van der Waals surface area contributed by atoms with E-state index in [2.05, 4.69) is 15.6 Å². The third-order valence-electron chi connectivity index (χ3n) is 3.30. The molecule has 0 unspecified atom stereocenters. The van der Waals surface area contributed by atoms with Crippen molar-refractivity contribution in [2.75, 3.05) is 32.9 Å². The topological polar surface area (TPSA) is 73.8 Å². The quantitative estimate of drug-likeness (QED) is 0.255. The van der Waals surface area contributed by atoms with Crippen molar-refractivity contribution in [3.8, 4) is 0 Å². The first kappa shape index (κ1) is 23.4. The van der Waals surface area contributed by atoms with Gasteiger partial charge in [-0.1, -0.05) is 30.7 Å². The number of aliphatic imine (C=N–C) groups is 1. The van der Waals surface area contributed by atoms with E-state index >= 15 is 0 Å². The van der Waals surface area contributed by atoms with E-state index in [4.69, 9.17) is 11.6 Å². The van der Waals surface area contributed by atoms with Crippen molar-refractivity contribution >= 4 is 51.6 Å². The third-order valence-corrected chi connectivity index (χ3v) is 4.93. The highest BCUT2D eigenvalue weighted by atomic mass is 127. The van der Waals surface area contributed by atoms with Crippen molar-refractivity contribution in [3.05, 3.63) is 34.9 Å². The summed E-state index contributed by atoms with van der Waals surface area (Å²) in [6, 6.07) is 7.60. The summed E-state index contributed by atoms with van der Waals surface area (Å²) in [7, 11) is -1.42. The standard InChI is InChI=1S/C15H25ClN4O2S.HI/c1-4-20(23(3,21)22)11-5-10-18-15(17-2)19-12-13-6-8-14(16)9-7-13;/h6-9H,4-5,10-12H2,1-3H3,(H2,17,18,19);1H. The molecule has 0 spiro atoms. The van der Waals surface area contributed by atoms with Crippen LogP contribution in [0.3, 0.4) is 0 Å². The van der Waals surface area contributed by atoms with Crippen LogP contribution in [0.15, 0.2) is 29.3 Å². The summed E-state index contributed by atoms with van der Waals surface area (Å²) >= 11 is 5.85. The van der Waals surface area contributed by atoms with Gasteiger partial charge in [0.15, 0.2) is 5.96 Å². The molecule has 0 amide bonds. The number of guanidine groups is 1. The molecule has 1 aromatic carbocycles. The van der Waals surface area contributed by atoms with Gasteiger partial charge in [-0.05, 0) is 24.1 Å². The average molecular weight is 489 g/mol. The second-order valence-corrected chi connectivity index (χ2v) is 7.51. The molecule has 1 aromatic rings. The monoisotopic (exact) mass is 488 g/mol. The van der Waals surface area contributed by atoms with E-state index in [-0.39, 0.29) is 24.0 Å². The van der Waals surface area contributed by atoms with Crippen LogP contribution in [0.2, 0.25) is 5.02 Å². The number of benzene rings is 1. The summed E-state index contributed by atoms with van der Waals surface area (Å²) in [6.07, 6.45) is 1.94. The second-order valence-electron chi connectivity index (χ2n) is 5.09. The van der Waals surface area contributed by atoms with Gasteiger partial charge in [0.2, 0.25) is 10.0 Å². The molecule has 0 saturated heterocycles.